The van der Waals surface area contributed by atoms with Gasteiger partial charge in [0.25, 0.3) is 0 Å². The van der Waals surface area contributed by atoms with E-state index in [9.17, 15) is 0 Å². The molecular formula is C37H23N5S. The van der Waals surface area contributed by atoms with E-state index in [1.165, 1.54) is 20.2 Å². The van der Waals surface area contributed by atoms with Crippen LogP contribution in [0.3, 0.4) is 0 Å². The van der Waals surface area contributed by atoms with Crippen LogP contribution in [0.15, 0.2) is 140 Å². The number of pyridine rings is 2. The quantitative estimate of drug-likeness (QED) is 0.207. The van der Waals surface area contributed by atoms with Gasteiger partial charge in [0.2, 0.25) is 0 Å². The molecule has 0 bridgehead atoms. The Labute approximate surface area is 252 Å². The van der Waals surface area contributed by atoms with Crippen molar-refractivity contribution in [1.82, 2.24) is 24.9 Å². The second-order valence-electron chi connectivity index (χ2n) is 10.2. The molecule has 0 aliphatic heterocycles. The average molecular weight is 570 g/mol. The molecule has 0 unspecified atom stereocenters. The minimum atomic E-state index is 0.652. The first-order valence-electron chi connectivity index (χ1n) is 14.0. The van der Waals surface area contributed by atoms with Crippen molar-refractivity contribution in [3.05, 3.63) is 140 Å². The van der Waals surface area contributed by atoms with Crippen molar-refractivity contribution in [2.75, 3.05) is 0 Å². The van der Waals surface area contributed by atoms with E-state index in [4.69, 9.17) is 19.9 Å². The van der Waals surface area contributed by atoms with Crippen molar-refractivity contribution in [3.63, 3.8) is 0 Å². The standard InChI is InChI=1S/C37H23N5S/c1-3-9-24(10-4-1)35-40-36(25-11-5-2-6-12-25)42-37(41-35)27-16-19-34-30(22-27)29-21-26(15-18-33(29)43-34)28-14-17-32(39-23-28)31-13-7-8-20-38-31/h1-23H. The largest absolute Gasteiger partial charge is 0.255 e. The van der Waals surface area contributed by atoms with Gasteiger partial charge in [0.1, 0.15) is 0 Å². The van der Waals surface area contributed by atoms with Gasteiger partial charge < -0.3 is 0 Å². The van der Waals surface area contributed by atoms with Gasteiger partial charge in [-0.05, 0) is 54.1 Å². The lowest BCUT2D eigenvalue weighted by molar-refractivity contribution is 1.07. The first-order chi connectivity index (χ1) is 21.3. The Morgan fingerprint density at radius 2 is 0.930 bits per heavy atom. The maximum atomic E-state index is 4.94. The number of benzene rings is 4. The van der Waals surface area contributed by atoms with Gasteiger partial charge in [0.15, 0.2) is 17.5 Å². The van der Waals surface area contributed by atoms with E-state index in [2.05, 4.69) is 47.4 Å². The van der Waals surface area contributed by atoms with Gasteiger partial charge in [-0.25, -0.2) is 15.0 Å². The van der Waals surface area contributed by atoms with Gasteiger partial charge in [-0.2, -0.15) is 0 Å². The van der Waals surface area contributed by atoms with Crippen LogP contribution in [-0.2, 0) is 0 Å². The lowest BCUT2D eigenvalue weighted by Crippen LogP contribution is -2.00. The molecule has 0 saturated carbocycles. The summed E-state index contributed by atoms with van der Waals surface area (Å²) in [6.45, 7) is 0. The van der Waals surface area contributed by atoms with Crippen LogP contribution in [0.25, 0.3) is 76.9 Å². The van der Waals surface area contributed by atoms with E-state index in [0.29, 0.717) is 17.5 Å². The second-order valence-corrected chi connectivity index (χ2v) is 11.3. The molecule has 43 heavy (non-hydrogen) atoms. The maximum Gasteiger partial charge on any atom is 0.164 e. The molecule has 8 rings (SSSR count). The third-order valence-electron chi connectivity index (χ3n) is 7.45. The number of fused-ring (bicyclic) bond motifs is 3. The van der Waals surface area contributed by atoms with Gasteiger partial charge in [-0.3, -0.25) is 9.97 Å². The zero-order valence-corrected chi connectivity index (χ0v) is 23.7. The van der Waals surface area contributed by atoms with Gasteiger partial charge in [0, 0.05) is 54.8 Å². The first kappa shape index (κ1) is 25.1. The molecule has 0 amide bonds. The first-order valence-corrected chi connectivity index (χ1v) is 14.8. The van der Waals surface area contributed by atoms with Crippen molar-refractivity contribution in [1.29, 1.82) is 0 Å². The highest BCUT2D eigenvalue weighted by Gasteiger charge is 2.14. The number of hydrogen-bond donors (Lipinski definition) is 0. The SMILES string of the molecule is c1ccc(-c2nc(-c3ccccc3)nc(-c3ccc4sc5ccc(-c6ccc(-c7ccccn7)nc6)cc5c4c3)n2)cc1. The summed E-state index contributed by atoms with van der Waals surface area (Å²) >= 11 is 1.79. The molecule has 0 fully saturated rings. The van der Waals surface area contributed by atoms with Crippen molar-refractivity contribution in [2.45, 2.75) is 0 Å². The van der Waals surface area contributed by atoms with Crippen LogP contribution in [0.2, 0.25) is 0 Å². The van der Waals surface area contributed by atoms with Crippen LogP contribution in [0.1, 0.15) is 0 Å². The zero-order valence-electron chi connectivity index (χ0n) is 22.9. The van der Waals surface area contributed by atoms with Gasteiger partial charge >= 0.3 is 0 Å². The van der Waals surface area contributed by atoms with Crippen molar-refractivity contribution >= 4 is 31.5 Å². The summed E-state index contributed by atoms with van der Waals surface area (Å²) in [5, 5.41) is 2.38. The van der Waals surface area contributed by atoms with Crippen LogP contribution in [0.5, 0.6) is 0 Å². The van der Waals surface area contributed by atoms with Crippen molar-refractivity contribution in [2.24, 2.45) is 0 Å². The normalized spacial score (nSPS) is 11.3. The molecule has 8 aromatic rings. The summed E-state index contributed by atoms with van der Waals surface area (Å²) < 4.78 is 2.46. The predicted molar refractivity (Wildman–Crippen MR) is 175 cm³/mol. The highest BCUT2D eigenvalue weighted by molar-refractivity contribution is 7.25. The van der Waals surface area contributed by atoms with E-state index < -0.39 is 0 Å². The van der Waals surface area contributed by atoms with Crippen LogP contribution < -0.4 is 0 Å². The molecule has 0 spiro atoms. The summed E-state index contributed by atoms with van der Waals surface area (Å²) in [7, 11) is 0. The summed E-state index contributed by atoms with van der Waals surface area (Å²) in [5.41, 5.74) is 6.78. The third-order valence-corrected chi connectivity index (χ3v) is 8.60. The monoisotopic (exact) mass is 569 g/mol. The topological polar surface area (TPSA) is 64.5 Å². The molecule has 6 heteroatoms. The number of nitrogens with zero attached hydrogens (tertiary/aromatic N) is 5. The Hall–Kier alpha value is -5.59. The summed E-state index contributed by atoms with van der Waals surface area (Å²) in [4.78, 5) is 23.8. The van der Waals surface area contributed by atoms with Gasteiger partial charge in [-0.15, -0.1) is 11.3 Å². The molecule has 0 aliphatic rings. The van der Waals surface area contributed by atoms with Gasteiger partial charge in [0.05, 0.1) is 11.4 Å². The van der Waals surface area contributed by atoms with Gasteiger partial charge in [-0.1, -0.05) is 78.9 Å². The lowest BCUT2D eigenvalue weighted by atomic mass is 10.0. The van der Waals surface area contributed by atoms with Crippen molar-refractivity contribution < 1.29 is 0 Å². The van der Waals surface area contributed by atoms with Crippen LogP contribution in [0.4, 0.5) is 0 Å². The predicted octanol–water partition coefficient (Wildman–Crippen LogP) is 9.36. The van der Waals surface area contributed by atoms with E-state index in [0.717, 1.165) is 39.2 Å². The molecule has 4 aromatic carbocycles. The van der Waals surface area contributed by atoms with E-state index >= 15 is 0 Å². The van der Waals surface area contributed by atoms with Crippen LogP contribution in [-0.4, -0.2) is 24.9 Å². The molecular weight excluding hydrogens is 547 g/mol. The van der Waals surface area contributed by atoms with Crippen LogP contribution >= 0.6 is 11.3 Å². The number of rotatable bonds is 5. The zero-order chi connectivity index (χ0) is 28.6. The average Bonchev–Trinajstić information content (AvgIpc) is 3.46. The Bertz CT molecular complexity index is 2150. The van der Waals surface area contributed by atoms with E-state index in [-0.39, 0.29) is 0 Å². The minimum absolute atomic E-state index is 0.652. The second kappa shape index (κ2) is 10.7. The van der Waals surface area contributed by atoms with Crippen molar-refractivity contribution in [3.8, 4) is 56.7 Å². The number of aromatic nitrogens is 5. The third kappa shape index (κ3) is 4.84. The maximum absolute atomic E-state index is 4.94. The highest BCUT2D eigenvalue weighted by Crippen LogP contribution is 2.38. The van der Waals surface area contributed by atoms with Crippen LogP contribution in [0, 0.1) is 0 Å². The fourth-order valence-corrected chi connectivity index (χ4v) is 6.33. The molecule has 0 radical (unpaired) electrons. The molecule has 0 aliphatic carbocycles. The molecule has 0 atom stereocenters. The Morgan fingerprint density at radius 3 is 1.51 bits per heavy atom. The molecule has 202 valence electrons. The molecule has 5 nitrogen and oxygen atoms in total. The fraction of sp³-hybridized carbons (Fsp3) is 0. The summed E-state index contributed by atoms with van der Waals surface area (Å²) in [6, 6.07) is 43.2. The minimum Gasteiger partial charge on any atom is -0.255 e. The van der Waals surface area contributed by atoms with E-state index in [1.54, 1.807) is 17.5 Å². The lowest BCUT2D eigenvalue weighted by Gasteiger charge is -2.08. The Balaban J connectivity index is 1.23. The number of thiophene rings is 1. The molecule has 0 N–H and O–H groups in total. The highest BCUT2D eigenvalue weighted by atomic mass is 32.1. The molecule has 0 saturated heterocycles. The summed E-state index contributed by atoms with van der Waals surface area (Å²) in [5.74, 6) is 1.96. The fourth-order valence-electron chi connectivity index (χ4n) is 5.26. The molecule has 4 heterocycles. The Kier molecular flexibility index (Phi) is 6.24. The Morgan fingerprint density at radius 1 is 0.395 bits per heavy atom. The smallest absolute Gasteiger partial charge is 0.164 e. The molecule has 4 aromatic heterocycles. The summed E-state index contributed by atoms with van der Waals surface area (Å²) in [6.07, 6.45) is 3.71. The number of hydrogen-bond acceptors (Lipinski definition) is 6. The van der Waals surface area contributed by atoms with E-state index in [1.807, 2.05) is 91.1 Å².